The highest BCUT2D eigenvalue weighted by Crippen LogP contribution is 2.29. The topological polar surface area (TPSA) is 119 Å². The molecule has 1 atom stereocenters. The molecule has 0 aliphatic carbocycles. The second-order valence-electron chi connectivity index (χ2n) is 4.11. The first-order valence-corrected chi connectivity index (χ1v) is 5.64. The minimum atomic E-state index is -1.20. The van der Waals surface area contributed by atoms with Gasteiger partial charge in [0.15, 0.2) is 0 Å². The lowest BCUT2D eigenvalue weighted by atomic mass is 10.1. The third-order valence-corrected chi connectivity index (χ3v) is 2.73. The molecule has 20 heavy (non-hydrogen) atoms. The molecule has 0 aliphatic rings. The van der Waals surface area contributed by atoms with E-state index >= 15 is 0 Å². The van der Waals surface area contributed by atoms with Gasteiger partial charge in [-0.05, 0) is 19.9 Å². The molecule has 0 radical (unpaired) electrons. The van der Waals surface area contributed by atoms with Crippen molar-refractivity contribution in [3.05, 3.63) is 33.4 Å². The van der Waals surface area contributed by atoms with Gasteiger partial charge in [-0.2, -0.15) is 0 Å². The van der Waals surface area contributed by atoms with Gasteiger partial charge in [0.1, 0.15) is 11.8 Å². The minimum absolute atomic E-state index is 0.0350. The van der Waals surface area contributed by atoms with Crippen LogP contribution in [0.1, 0.15) is 22.8 Å². The zero-order valence-corrected chi connectivity index (χ0v) is 11.2. The summed E-state index contributed by atoms with van der Waals surface area (Å²) in [6.45, 7) is 2.79. The fourth-order valence-electron chi connectivity index (χ4n) is 1.55. The van der Waals surface area contributed by atoms with Crippen molar-refractivity contribution in [1.29, 1.82) is 0 Å². The highest BCUT2D eigenvalue weighted by molar-refractivity contribution is 5.97. The van der Waals surface area contributed by atoms with Crippen molar-refractivity contribution >= 4 is 17.6 Å². The van der Waals surface area contributed by atoms with E-state index in [9.17, 15) is 19.7 Å². The van der Waals surface area contributed by atoms with Gasteiger partial charge in [0.25, 0.3) is 11.6 Å². The second-order valence-corrected chi connectivity index (χ2v) is 4.11. The van der Waals surface area contributed by atoms with E-state index in [4.69, 9.17) is 9.84 Å². The van der Waals surface area contributed by atoms with Gasteiger partial charge < -0.3 is 15.2 Å². The van der Waals surface area contributed by atoms with Crippen LogP contribution in [0.4, 0.5) is 5.69 Å². The summed E-state index contributed by atoms with van der Waals surface area (Å²) in [6.07, 6.45) is 0. The van der Waals surface area contributed by atoms with Crippen LogP contribution < -0.4 is 10.1 Å². The van der Waals surface area contributed by atoms with Crippen molar-refractivity contribution in [2.75, 3.05) is 7.11 Å². The molecule has 0 unspecified atom stereocenters. The number of amides is 1. The van der Waals surface area contributed by atoms with Crippen molar-refractivity contribution in [3.63, 3.8) is 0 Å². The number of nitro groups is 1. The second kappa shape index (κ2) is 6.00. The number of nitro benzene ring substituents is 1. The number of ether oxygens (including phenoxy) is 1. The minimum Gasteiger partial charge on any atom is -0.496 e. The number of nitrogens with zero attached hydrogens (tertiary/aromatic N) is 1. The summed E-state index contributed by atoms with van der Waals surface area (Å²) in [7, 11) is 1.33. The Hall–Kier alpha value is -2.64. The first-order chi connectivity index (χ1) is 9.27. The number of carbonyl (C=O) groups excluding carboxylic acids is 1. The van der Waals surface area contributed by atoms with E-state index in [2.05, 4.69) is 5.32 Å². The zero-order valence-electron chi connectivity index (χ0n) is 11.2. The highest BCUT2D eigenvalue weighted by atomic mass is 16.6. The summed E-state index contributed by atoms with van der Waals surface area (Å²) in [5.74, 6) is -1.74. The van der Waals surface area contributed by atoms with Gasteiger partial charge in [-0.15, -0.1) is 0 Å². The molecule has 0 bridgehead atoms. The number of rotatable bonds is 5. The maximum absolute atomic E-state index is 11.9. The fourth-order valence-corrected chi connectivity index (χ4v) is 1.55. The number of hydrogen-bond donors (Lipinski definition) is 2. The van der Waals surface area contributed by atoms with Crippen LogP contribution in [0, 0.1) is 17.0 Å². The van der Waals surface area contributed by atoms with Crippen molar-refractivity contribution in [2.24, 2.45) is 0 Å². The molecule has 108 valence electrons. The number of benzene rings is 1. The highest BCUT2D eigenvalue weighted by Gasteiger charge is 2.22. The number of nitrogens with one attached hydrogen (secondary N) is 1. The summed E-state index contributed by atoms with van der Waals surface area (Å²) < 4.78 is 4.98. The van der Waals surface area contributed by atoms with Gasteiger partial charge in [-0.25, -0.2) is 0 Å². The molecule has 1 aromatic rings. The van der Waals surface area contributed by atoms with Crippen LogP contribution in [0.3, 0.4) is 0 Å². The molecule has 0 aliphatic heterocycles. The Bertz CT molecular complexity index is 569. The Morgan fingerprint density at radius 1 is 1.45 bits per heavy atom. The van der Waals surface area contributed by atoms with Crippen molar-refractivity contribution in [1.82, 2.24) is 5.32 Å². The number of carboxylic acids is 1. The SMILES string of the molecule is COc1cc(C(=O)N[C@H](C)C(=O)O)cc([N+](=O)[O-])c1C. The predicted molar refractivity (Wildman–Crippen MR) is 68.9 cm³/mol. The molecule has 1 aromatic carbocycles. The zero-order chi connectivity index (χ0) is 15.4. The van der Waals surface area contributed by atoms with Gasteiger partial charge in [0.2, 0.25) is 0 Å². The average molecular weight is 282 g/mol. The Labute approximate surface area is 114 Å². The summed E-state index contributed by atoms with van der Waals surface area (Å²) in [4.78, 5) is 32.8. The quantitative estimate of drug-likeness (QED) is 0.617. The van der Waals surface area contributed by atoms with Crippen LogP contribution in [0.15, 0.2) is 12.1 Å². The maximum atomic E-state index is 11.9. The van der Waals surface area contributed by atoms with Crippen LogP contribution in [0.2, 0.25) is 0 Å². The van der Waals surface area contributed by atoms with Crippen molar-refractivity contribution in [3.8, 4) is 5.75 Å². The van der Waals surface area contributed by atoms with Gasteiger partial charge in [0.05, 0.1) is 17.6 Å². The molecule has 0 fully saturated rings. The van der Waals surface area contributed by atoms with Gasteiger partial charge >= 0.3 is 5.97 Å². The third-order valence-electron chi connectivity index (χ3n) is 2.73. The summed E-state index contributed by atoms with van der Waals surface area (Å²) >= 11 is 0. The number of carbonyl (C=O) groups is 2. The molecule has 0 spiro atoms. The Balaban J connectivity index is 3.18. The normalized spacial score (nSPS) is 11.6. The van der Waals surface area contributed by atoms with E-state index in [0.717, 1.165) is 6.07 Å². The monoisotopic (exact) mass is 282 g/mol. The maximum Gasteiger partial charge on any atom is 0.325 e. The molecule has 1 rings (SSSR count). The molecule has 0 saturated carbocycles. The molecule has 0 saturated heterocycles. The summed E-state index contributed by atoms with van der Waals surface area (Å²) in [5.41, 5.74) is -0.00920. The van der Waals surface area contributed by atoms with Crippen LogP contribution >= 0.6 is 0 Å². The molecule has 1 amide bonds. The smallest absolute Gasteiger partial charge is 0.325 e. The molecule has 8 heteroatoms. The Kier molecular flexibility index (Phi) is 4.63. The molecule has 0 aromatic heterocycles. The van der Waals surface area contributed by atoms with E-state index in [-0.39, 0.29) is 17.0 Å². The molecule has 2 N–H and O–H groups in total. The van der Waals surface area contributed by atoms with E-state index in [1.807, 2.05) is 0 Å². The Morgan fingerprint density at radius 3 is 2.50 bits per heavy atom. The summed E-state index contributed by atoms with van der Waals surface area (Å²) in [5, 5.41) is 21.9. The lowest BCUT2D eigenvalue weighted by Crippen LogP contribution is -2.38. The molecular formula is C12H14N2O6. The van der Waals surface area contributed by atoms with E-state index in [1.165, 1.54) is 27.0 Å². The lowest BCUT2D eigenvalue weighted by Gasteiger charge is -2.11. The van der Waals surface area contributed by atoms with E-state index in [0.29, 0.717) is 5.56 Å². The van der Waals surface area contributed by atoms with Crippen LogP contribution in [0.25, 0.3) is 0 Å². The van der Waals surface area contributed by atoms with Crippen LogP contribution in [0.5, 0.6) is 5.75 Å². The number of hydrogen-bond acceptors (Lipinski definition) is 5. The van der Waals surface area contributed by atoms with Gasteiger partial charge in [-0.1, -0.05) is 0 Å². The lowest BCUT2D eigenvalue weighted by molar-refractivity contribution is -0.385. The van der Waals surface area contributed by atoms with E-state index in [1.54, 1.807) is 0 Å². The molecule has 0 heterocycles. The first-order valence-electron chi connectivity index (χ1n) is 5.64. The van der Waals surface area contributed by atoms with Gasteiger partial charge in [0, 0.05) is 11.6 Å². The predicted octanol–water partition coefficient (Wildman–Crippen LogP) is 1.11. The average Bonchev–Trinajstić information content (AvgIpc) is 2.38. The molecule has 8 nitrogen and oxygen atoms in total. The first kappa shape index (κ1) is 15.4. The van der Waals surface area contributed by atoms with Crippen LogP contribution in [-0.2, 0) is 4.79 Å². The number of carboxylic acid groups (broad SMARTS) is 1. The van der Waals surface area contributed by atoms with Crippen molar-refractivity contribution < 1.29 is 24.4 Å². The largest absolute Gasteiger partial charge is 0.496 e. The fraction of sp³-hybridized carbons (Fsp3) is 0.333. The van der Waals surface area contributed by atoms with Crippen molar-refractivity contribution in [2.45, 2.75) is 19.9 Å². The third kappa shape index (κ3) is 3.22. The number of aliphatic carboxylic acids is 1. The van der Waals surface area contributed by atoms with Crippen LogP contribution in [-0.4, -0.2) is 35.1 Å². The summed E-state index contributed by atoms with van der Waals surface area (Å²) in [6, 6.07) is 1.31. The Morgan fingerprint density at radius 2 is 2.05 bits per heavy atom. The molecular weight excluding hydrogens is 268 g/mol. The van der Waals surface area contributed by atoms with Gasteiger partial charge in [-0.3, -0.25) is 19.7 Å². The standard InChI is InChI=1S/C12H14N2O6/c1-6-9(14(18)19)4-8(5-10(6)20-3)11(15)13-7(2)12(16)17/h4-5,7H,1-3H3,(H,13,15)(H,16,17)/t7-/m1/s1. The number of methoxy groups -OCH3 is 1. The van der Waals surface area contributed by atoms with E-state index < -0.39 is 22.8 Å².